The maximum atomic E-state index is 12.9. The molecule has 0 aliphatic carbocycles. The number of hydrogen-bond donors (Lipinski definition) is 1. The summed E-state index contributed by atoms with van der Waals surface area (Å²) in [6.07, 6.45) is 1.18. The first kappa shape index (κ1) is 19.6. The third kappa shape index (κ3) is 4.58. The first-order valence-electron chi connectivity index (χ1n) is 9.55. The highest BCUT2D eigenvalue weighted by atomic mass is 35.5. The molecule has 0 radical (unpaired) electrons. The van der Waals surface area contributed by atoms with Gasteiger partial charge < -0.3 is 19.8 Å². The van der Waals surface area contributed by atoms with Crippen LogP contribution >= 0.6 is 11.6 Å². The number of nitrogens with zero attached hydrogens (tertiary/aromatic N) is 3. The van der Waals surface area contributed by atoms with Crippen LogP contribution in [0.15, 0.2) is 18.2 Å². The van der Waals surface area contributed by atoms with Crippen molar-refractivity contribution in [2.24, 2.45) is 11.8 Å². The second-order valence-electron chi connectivity index (χ2n) is 7.83. The fraction of sp³-hybridized carbons (Fsp3) is 0.650. The molecule has 5 nitrogen and oxygen atoms in total. The summed E-state index contributed by atoms with van der Waals surface area (Å²) in [5, 5.41) is 10.5. The number of likely N-dealkylation sites (tertiary alicyclic amines) is 1. The Morgan fingerprint density at radius 1 is 1.19 bits per heavy atom. The van der Waals surface area contributed by atoms with Crippen molar-refractivity contribution in [3.8, 4) is 0 Å². The van der Waals surface area contributed by atoms with Crippen molar-refractivity contribution >= 4 is 17.5 Å². The Morgan fingerprint density at radius 2 is 1.96 bits per heavy atom. The first-order chi connectivity index (χ1) is 12.5. The van der Waals surface area contributed by atoms with Gasteiger partial charge >= 0.3 is 0 Å². The van der Waals surface area contributed by atoms with Gasteiger partial charge in [0.05, 0.1) is 0 Å². The molecule has 2 heterocycles. The van der Waals surface area contributed by atoms with Crippen molar-refractivity contribution in [1.82, 2.24) is 14.7 Å². The number of aliphatic hydroxyl groups excluding tert-OH is 1. The summed E-state index contributed by atoms with van der Waals surface area (Å²) >= 11 is 6.08. The largest absolute Gasteiger partial charge is 0.396 e. The van der Waals surface area contributed by atoms with Crippen molar-refractivity contribution in [2.75, 3.05) is 59.5 Å². The number of halogens is 1. The van der Waals surface area contributed by atoms with E-state index in [0.717, 1.165) is 44.8 Å². The van der Waals surface area contributed by atoms with Crippen LogP contribution < -0.4 is 0 Å². The Bertz CT molecular complexity index is 639. The first-order valence-corrected chi connectivity index (χ1v) is 9.93. The molecule has 0 saturated carbocycles. The van der Waals surface area contributed by atoms with Gasteiger partial charge in [-0.25, -0.2) is 0 Å². The summed E-state index contributed by atoms with van der Waals surface area (Å²) in [5.41, 5.74) is 1.60. The van der Waals surface area contributed by atoms with Gasteiger partial charge in [-0.05, 0) is 63.2 Å². The van der Waals surface area contributed by atoms with E-state index in [1.807, 2.05) is 17.9 Å². The van der Waals surface area contributed by atoms with Crippen LogP contribution in [0.5, 0.6) is 0 Å². The molecular weight excluding hydrogens is 350 g/mol. The summed E-state index contributed by atoms with van der Waals surface area (Å²) < 4.78 is 0. The van der Waals surface area contributed by atoms with Gasteiger partial charge in [-0.1, -0.05) is 11.6 Å². The lowest BCUT2D eigenvalue weighted by molar-refractivity contribution is 0.0779. The molecule has 2 aliphatic rings. The fourth-order valence-electron chi connectivity index (χ4n) is 4.09. The molecule has 0 spiro atoms. The summed E-state index contributed by atoms with van der Waals surface area (Å²) in [6.45, 7) is 8.77. The maximum Gasteiger partial charge on any atom is 0.253 e. The van der Waals surface area contributed by atoms with Gasteiger partial charge in [0.2, 0.25) is 0 Å². The quantitative estimate of drug-likeness (QED) is 0.868. The minimum Gasteiger partial charge on any atom is -0.396 e. The SMILES string of the molecule is Cc1cc(C(=O)N2C[C@@H](CN3CCCN(C)CC3)[C@@H](CO)C2)ccc1Cl. The predicted octanol–water partition coefficient (Wildman–Crippen LogP) is 1.97. The topological polar surface area (TPSA) is 47.0 Å². The van der Waals surface area contributed by atoms with E-state index in [1.165, 1.54) is 6.42 Å². The molecule has 2 saturated heterocycles. The fourth-order valence-corrected chi connectivity index (χ4v) is 4.21. The average Bonchev–Trinajstić information content (AvgIpc) is 2.92. The molecule has 1 N–H and O–H groups in total. The molecular formula is C20H30ClN3O2. The van der Waals surface area contributed by atoms with Crippen LogP contribution in [0, 0.1) is 18.8 Å². The van der Waals surface area contributed by atoms with Gasteiger partial charge in [-0.2, -0.15) is 0 Å². The van der Waals surface area contributed by atoms with Crippen LogP contribution in [0.2, 0.25) is 5.02 Å². The van der Waals surface area contributed by atoms with E-state index in [1.54, 1.807) is 12.1 Å². The second kappa shape index (κ2) is 8.70. The summed E-state index contributed by atoms with van der Waals surface area (Å²) in [7, 11) is 2.17. The molecule has 144 valence electrons. The number of hydrogen-bond acceptors (Lipinski definition) is 4. The molecule has 1 aromatic carbocycles. The minimum atomic E-state index is 0.0429. The van der Waals surface area contributed by atoms with Crippen LogP contribution in [0.4, 0.5) is 0 Å². The minimum absolute atomic E-state index is 0.0429. The van der Waals surface area contributed by atoms with Crippen molar-refractivity contribution in [2.45, 2.75) is 13.3 Å². The highest BCUT2D eigenvalue weighted by molar-refractivity contribution is 6.31. The Labute approximate surface area is 161 Å². The number of rotatable bonds is 4. The monoisotopic (exact) mass is 379 g/mol. The van der Waals surface area contributed by atoms with E-state index >= 15 is 0 Å². The number of carbonyl (C=O) groups is 1. The van der Waals surface area contributed by atoms with Gasteiger partial charge in [0, 0.05) is 55.8 Å². The van der Waals surface area contributed by atoms with Gasteiger partial charge in [-0.3, -0.25) is 4.79 Å². The Balaban J connectivity index is 1.64. The maximum absolute atomic E-state index is 12.9. The van der Waals surface area contributed by atoms with Gasteiger partial charge in [0.1, 0.15) is 0 Å². The zero-order chi connectivity index (χ0) is 18.7. The van der Waals surface area contributed by atoms with E-state index in [2.05, 4.69) is 16.8 Å². The molecule has 0 bridgehead atoms. The zero-order valence-electron chi connectivity index (χ0n) is 15.8. The van der Waals surface area contributed by atoms with Gasteiger partial charge in [0.25, 0.3) is 5.91 Å². The molecule has 6 heteroatoms. The molecule has 2 aliphatic heterocycles. The molecule has 26 heavy (non-hydrogen) atoms. The lowest BCUT2D eigenvalue weighted by Crippen LogP contribution is -2.36. The molecule has 1 aromatic rings. The lowest BCUT2D eigenvalue weighted by Gasteiger charge is -2.26. The molecule has 3 rings (SSSR count). The normalized spacial score (nSPS) is 25.5. The molecule has 2 fully saturated rings. The number of likely N-dealkylation sites (N-methyl/N-ethyl adjacent to an activating group) is 1. The summed E-state index contributed by atoms with van der Waals surface area (Å²) in [6, 6.07) is 5.44. The number of aryl methyl sites for hydroxylation is 1. The molecule has 1 amide bonds. The van der Waals surface area contributed by atoms with Crippen molar-refractivity contribution in [1.29, 1.82) is 0 Å². The number of carbonyl (C=O) groups excluding carboxylic acids is 1. The Hall–Kier alpha value is -1.14. The van der Waals surface area contributed by atoms with Crippen LogP contribution in [0.3, 0.4) is 0 Å². The number of amides is 1. The van der Waals surface area contributed by atoms with Crippen molar-refractivity contribution < 1.29 is 9.90 Å². The molecule has 0 unspecified atom stereocenters. The summed E-state index contributed by atoms with van der Waals surface area (Å²) in [4.78, 5) is 19.7. The van der Waals surface area contributed by atoms with Gasteiger partial charge in [-0.15, -0.1) is 0 Å². The summed E-state index contributed by atoms with van der Waals surface area (Å²) in [5.74, 6) is 0.537. The van der Waals surface area contributed by atoms with Crippen LogP contribution in [0.1, 0.15) is 22.3 Å². The van der Waals surface area contributed by atoms with Crippen LogP contribution in [0.25, 0.3) is 0 Å². The predicted molar refractivity (Wildman–Crippen MR) is 105 cm³/mol. The van der Waals surface area contributed by atoms with Gasteiger partial charge in [0.15, 0.2) is 0 Å². The van der Waals surface area contributed by atoms with E-state index in [4.69, 9.17) is 11.6 Å². The third-order valence-electron chi connectivity index (χ3n) is 5.81. The van der Waals surface area contributed by atoms with E-state index in [0.29, 0.717) is 23.0 Å². The molecule has 2 atom stereocenters. The Morgan fingerprint density at radius 3 is 2.69 bits per heavy atom. The third-order valence-corrected chi connectivity index (χ3v) is 6.23. The highest BCUT2D eigenvalue weighted by Gasteiger charge is 2.36. The van der Waals surface area contributed by atoms with Crippen LogP contribution in [-0.4, -0.2) is 85.2 Å². The zero-order valence-corrected chi connectivity index (χ0v) is 16.6. The average molecular weight is 380 g/mol. The van der Waals surface area contributed by atoms with E-state index in [9.17, 15) is 9.90 Å². The highest BCUT2D eigenvalue weighted by Crippen LogP contribution is 2.27. The smallest absolute Gasteiger partial charge is 0.253 e. The lowest BCUT2D eigenvalue weighted by atomic mass is 9.96. The second-order valence-corrected chi connectivity index (χ2v) is 8.24. The number of aliphatic hydroxyl groups is 1. The van der Waals surface area contributed by atoms with E-state index < -0.39 is 0 Å². The molecule has 0 aromatic heterocycles. The van der Waals surface area contributed by atoms with E-state index in [-0.39, 0.29) is 18.4 Å². The standard InChI is InChI=1S/C20H30ClN3O2/c1-15-10-16(4-5-19(15)21)20(26)24-12-17(18(13-24)14-25)11-23-7-3-6-22(2)8-9-23/h4-5,10,17-18,25H,3,6-9,11-14H2,1-2H3/t17-,18-/m1/s1. The van der Waals surface area contributed by atoms with Crippen molar-refractivity contribution in [3.63, 3.8) is 0 Å². The number of benzene rings is 1. The Kier molecular flexibility index (Phi) is 6.56. The van der Waals surface area contributed by atoms with Crippen molar-refractivity contribution in [3.05, 3.63) is 34.3 Å². The van der Waals surface area contributed by atoms with Crippen LogP contribution in [-0.2, 0) is 0 Å².